The van der Waals surface area contributed by atoms with Gasteiger partial charge >= 0.3 is 12.0 Å². The van der Waals surface area contributed by atoms with Crippen molar-refractivity contribution < 1.29 is 19.4 Å². The molecule has 1 atom stereocenters. The van der Waals surface area contributed by atoms with Crippen LogP contribution in [0.5, 0.6) is 0 Å². The molecule has 104 valence electrons. The van der Waals surface area contributed by atoms with E-state index in [1.54, 1.807) is 0 Å². The average Bonchev–Trinajstić information content (AvgIpc) is 2.37. The molecule has 1 unspecified atom stereocenters. The summed E-state index contributed by atoms with van der Waals surface area (Å²) in [6.45, 7) is 0.581. The van der Waals surface area contributed by atoms with Crippen LogP contribution in [-0.4, -0.2) is 43.4 Å². The van der Waals surface area contributed by atoms with Crippen LogP contribution in [0.15, 0.2) is 0 Å². The first-order valence-electron chi connectivity index (χ1n) is 6.39. The number of carbonyl (C=O) groups is 2. The molecule has 0 aromatic rings. The van der Waals surface area contributed by atoms with Crippen molar-refractivity contribution in [3.8, 4) is 0 Å². The number of ether oxygens (including phenoxy) is 1. The molecule has 0 radical (unpaired) electrons. The summed E-state index contributed by atoms with van der Waals surface area (Å²) in [6, 6.07) is -1.44. The highest BCUT2D eigenvalue weighted by Gasteiger charge is 2.20. The predicted molar refractivity (Wildman–Crippen MR) is 66.4 cm³/mol. The van der Waals surface area contributed by atoms with E-state index in [0.717, 1.165) is 12.8 Å². The molecular weight excluding hydrogens is 236 g/mol. The SMILES string of the molecule is COCC(NC(=O)NCC1CCCCC1)C(=O)O. The van der Waals surface area contributed by atoms with Crippen LogP contribution in [0.25, 0.3) is 0 Å². The zero-order valence-electron chi connectivity index (χ0n) is 10.8. The van der Waals surface area contributed by atoms with Gasteiger partial charge in [-0.2, -0.15) is 0 Å². The summed E-state index contributed by atoms with van der Waals surface area (Å²) < 4.78 is 4.74. The monoisotopic (exact) mass is 258 g/mol. The van der Waals surface area contributed by atoms with E-state index in [1.165, 1.54) is 26.4 Å². The minimum atomic E-state index is -1.09. The number of nitrogens with one attached hydrogen (secondary N) is 2. The summed E-state index contributed by atoms with van der Waals surface area (Å²) in [5.41, 5.74) is 0. The molecule has 3 N–H and O–H groups in total. The normalized spacial score (nSPS) is 18.1. The molecule has 1 rings (SSSR count). The second-order valence-electron chi connectivity index (χ2n) is 4.70. The number of carboxylic acids is 1. The van der Waals surface area contributed by atoms with Crippen LogP contribution in [-0.2, 0) is 9.53 Å². The third-order valence-electron chi connectivity index (χ3n) is 3.21. The van der Waals surface area contributed by atoms with E-state index >= 15 is 0 Å². The lowest BCUT2D eigenvalue weighted by molar-refractivity contribution is -0.140. The van der Waals surface area contributed by atoms with Crippen molar-refractivity contribution in [2.45, 2.75) is 38.1 Å². The standard InChI is InChI=1S/C12H22N2O4/c1-18-8-10(11(15)16)14-12(17)13-7-9-5-3-2-4-6-9/h9-10H,2-8H2,1H3,(H,15,16)(H2,13,14,17). The zero-order valence-corrected chi connectivity index (χ0v) is 10.8. The van der Waals surface area contributed by atoms with Crippen LogP contribution >= 0.6 is 0 Å². The zero-order chi connectivity index (χ0) is 13.4. The first kappa shape index (κ1) is 14.8. The average molecular weight is 258 g/mol. The van der Waals surface area contributed by atoms with Crippen molar-refractivity contribution in [3.05, 3.63) is 0 Å². The lowest BCUT2D eigenvalue weighted by Crippen LogP contribution is -2.49. The summed E-state index contributed by atoms with van der Waals surface area (Å²) in [6.07, 6.45) is 5.99. The van der Waals surface area contributed by atoms with E-state index in [1.807, 2.05) is 0 Å². The smallest absolute Gasteiger partial charge is 0.328 e. The molecule has 0 aliphatic heterocycles. The molecule has 0 spiro atoms. The Morgan fingerprint density at radius 3 is 2.56 bits per heavy atom. The number of rotatable bonds is 6. The number of aliphatic carboxylic acids is 1. The first-order chi connectivity index (χ1) is 8.63. The van der Waals surface area contributed by atoms with Gasteiger partial charge in [0, 0.05) is 13.7 Å². The highest BCUT2D eigenvalue weighted by molar-refractivity contribution is 5.82. The lowest BCUT2D eigenvalue weighted by atomic mass is 9.89. The maximum absolute atomic E-state index is 11.5. The van der Waals surface area contributed by atoms with Gasteiger partial charge in [-0.15, -0.1) is 0 Å². The molecule has 0 aromatic carbocycles. The Bertz CT molecular complexity index is 277. The van der Waals surface area contributed by atoms with Gasteiger partial charge in [0.15, 0.2) is 6.04 Å². The van der Waals surface area contributed by atoms with Crippen molar-refractivity contribution >= 4 is 12.0 Å². The van der Waals surface area contributed by atoms with Gasteiger partial charge in [-0.05, 0) is 18.8 Å². The van der Waals surface area contributed by atoms with Gasteiger partial charge in [-0.3, -0.25) is 0 Å². The van der Waals surface area contributed by atoms with Gasteiger partial charge in [-0.1, -0.05) is 19.3 Å². The number of carbonyl (C=O) groups excluding carboxylic acids is 1. The number of hydrogen-bond donors (Lipinski definition) is 3. The molecule has 0 aromatic heterocycles. The van der Waals surface area contributed by atoms with Crippen molar-refractivity contribution in [1.82, 2.24) is 10.6 Å². The molecule has 2 amide bonds. The fourth-order valence-electron chi connectivity index (χ4n) is 2.18. The predicted octanol–water partition coefficient (Wildman–Crippen LogP) is 0.965. The molecule has 1 fully saturated rings. The summed E-state index contributed by atoms with van der Waals surface area (Å²) >= 11 is 0. The van der Waals surface area contributed by atoms with E-state index in [4.69, 9.17) is 9.84 Å². The van der Waals surface area contributed by atoms with Crippen molar-refractivity contribution in [1.29, 1.82) is 0 Å². The molecule has 1 aliphatic carbocycles. The van der Waals surface area contributed by atoms with Crippen molar-refractivity contribution in [2.75, 3.05) is 20.3 Å². The maximum Gasteiger partial charge on any atom is 0.328 e. The molecule has 0 saturated heterocycles. The molecule has 0 bridgehead atoms. The Kier molecular flexibility index (Phi) is 6.49. The third kappa shape index (κ3) is 5.35. The van der Waals surface area contributed by atoms with Gasteiger partial charge in [-0.25, -0.2) is 9.59 Å². The number of amides is 2. The summed E-state index contributed by atoms with van der Waals surface area (Å²) in [5.74, 6) is -0.570. The fraction of sp³-hybridized carbons (Fsp3) is 0.833. The van der Waals surface area contributed by atoms with E-state index in [9.17, 15) is 9.59 Å². The third-order valence-corrected chi connectivity index (χ3v) is 3.21. The Balaban J connectivity index is 2.24. The van der Waals surface area contributed by atoms with E-state index in [2.05, 4.69) is 10.6 Å². The van der Waals surface area contributed by atoms with Gasteiger partial charge in [0.05, 0.1) is 6.61 Å². The fourth-order valence-corrected chi connectivity index (χ4v) is 2.18. The number of hydrogen-bond acceptors (Lipinski definition) is 3. The first-order valence-corrected chi connectivity index (χ1v) is 6.39. The minimum Gasteiger partial charge on any atom is -0.480 e. The van der Waals surface area contributed by atoms with Crippen LogP contribution in [0.3, 0.4) is 0 Å². The van der Waals surface area contributed by atoms with Gasteiger partial charge < -0.3 is 20.5 Å². The number of carboxylic acid groups (broad SMARTS) is 1. The highest BCUT2D eigenvalue weighted by atomic mass is 16.5. The van der Waals surface area contributed by atoms with Crippen LogP contribution in [0.1, 0.15) is 32.1 Å². The van der Waals surface area contributed by atoms with Gasteiger partial charge in [0.25, 0.3) is 0 Å². The van der Waals surface area contributed by atoms with E-state index in [-0.39, 0.29) is 6.61 Å². The number of methoxy groups -OCH3 is 1. The summed E-state index contributed by atoms with van der Waals surface area (Å²) in [7, 11) is 1.40. The summed E-state index contributed by atoms with van der Waals surface area (Å²) in [5, 5.41) is 14.0. The number of urea groups is 1. The Hall–Kier alpha value is -1.30. The summed E-state index contributed by atoms with van der Waals surface area (Å²) in [4.78, 5) is 22.3. The largest absolute Gasteiger partial charge is 0.480 e. The molecule has 1 aliphatic rings. The topological polar surface area (TPSA) is 87.7 Å². The molecule has 0 heterocycles. The second kappa shape index (κ2) is 7.92. The van der Waals surface area contributed by atoms with E-state index in [0.29, 0.717) is 12.5 Å². The second-order valence-corrected chi connectivity index (χ2v) is 4.70. The van der Waals surface area contributed by atoms with Crippen LogP contribution in [0.2, 0.25) is 0 Å². The van der Waals surface area contributed by atoms with Gasteiger partial charge in [0.2, 0.25) is 0 Å². The van der Waals surface area contributed by atoms with E-state index < -0.39 is 18.0 Å². The van der Waals surface area contributed by atoms with Gasteiger partial charge in [0.1, 0.15) is 0 Å². The molecule has 6 heteroatoms. The van der Waals surface area contributed by atoms with Crippen molar-refractivity contribution in [2.24, 2.45) is 5.92 Å². The van der Waals surface area contributed by atoms with Crippen LogP contribution in [0.4, 0.5) is 4.79 Å². The molecular formula is C12H22N2O4. The molecule has 6 nitrogen and oxygen atoms in total. The minimum absolute atomic E-state index is 0.0355. The lowest BCUT2D eigenvalue weighted by Gasteiger charge is -2.22. The molecule has 1 saturated carbocycles. The van der Waals surface area contributed by atoms with Crippen LogP contribution in [0, 0.1) is 5.92 Å². The Morgan fingerprint density at radius 2 is 2.00 bits per heavy atom. The highest BCUT2D eigenvalue weighted by Crippen LogP contribution is 2.22. The van der Waals surface area contributed by atoms with Crippen LogP contribution < -0.4 is 10.6 Å². The maximum atomic E-state index is 11.5. The Morgan fingerprint density at radius 1 is 1.33 bits per heavy atom. The Labute approximate surface area is 107 Å². The van der Waals surface area contributed by atoms with Crippen molar-refractivity contribution in [3.63, 3.8) is 0 Å². The quantitative estimate of drug-likeness (QED) is 0.662. The molecule has 18 heavy (non-hydrogen) atoms.